The van der Waals surface area contributed by atoms with Crippen molar-refractivity contribution in [1.29, 1.82) is 5.26 Å². The predicted octanol–water partition coefficient (Wildman–Crippen LogP) is 3.33. The minimum absolute atomic E-state index is 0.105. The number of benzene rings is 2. The molecule has 0 saturated heterocycles. The number of hydrogen-bond acceptors (Lipinski definition) is 4. The maximum Gasteiger partial charge on any atom is 0.251 e. The molecule has 3 aromatic rings. The average Bonchev–Trinajstić information content (AvgIpc) is 3.00. The topological polar surface area (TPSA) is 90.9 Å². The van der Waals surface area contributed by atoms with E-state index >= 15 is 0 Å². The zero-order valence-electron chi connectivity index (χ0n) is 16.2. The van der Waals surface area contributed by atoms with Gasteiger partial charge in [-0.05, 0) is 43.7 Å². The zero-order valence-corrected chi connectivity index (χ0v) is 17.0. The number of hydrogen-bond donors (Lipinski definition) is 2. The lowest BCUT2D eigenvalue weighted by molar-refractivity contribution is 0.0944. The molecule has 0 atom stereocenters. The second kappa shape index (κ2) is 8.91. The third kappa shape index (κ3) is 4.32. The van der Waals surface area contributed by atoms with Crippen molar-refractivity contribution in [3.63, 3.8) is 0 Å². The first-order valence-corrected chi connectivity index (χ1v) is 9.56. The molecule has 29 heavy (non-hydrogen) atoms. The van der Waals surface area contributed by atoms with Gasteiger partial charge in [0, 0.05) is 29.8 Å². The molecular weight excluding hydrogens is 388 g/mol. The fourth-order valence-corrected chi connectivity index (χ4v) is 3.48. The van der Waals surface area contributed by atoms with Crippen molar-refractivity contribution in [2.75, 3.05) is 13.2 Å². The number of rotatable bonds is 6. The lowest BCUT2D eigenvalue weighted by atomic mass is 9.98. The van der Waals surface area contributed by atoms with Gasteiger partial charge in [-0.15, -0.1) is 0 Å². The molecule has 7 heteroatoms. The number of carbonyl (C=O) groups excluding carboxylic acids is 1. The highest BCUT2D eigenvalue weighted by atomic mass is 35.5. The number of carbonyl (C=O) groups is 1. The molecule has 0 bridgehead atoms. The SMILES string of the molecule is Cc1nn(-c2ccc(C#N)c(Cl)c2)c(C)c1Cc1ccccc1C(=O)NCCO. The summed E-state index contributed by atoms with van der Waals surface area (Å²) in [6.45, 7) is 4.00. The maximum atomic E-state index is 12.4. The highest BCUT2D eigenvalue weighted by Crippen LogP contribution is 2.25. The number of nitrogens with zero attached hydrogens (tertiary/aromatic N) is 3. The van der Waals surface area contributed by atoms with Gasteiger partial charge in [-0.25, -0.2) is 4.68 Å². The zero-order chi connectivity index (χ0) is 21.0. The fourth-order valence-electron chi connectivity index (χ4n) is 3.26. The first-order chi connectivity index (χ1) is 14.0. The van der Waals surface area contributed by atoms with E-state index < -0.39 is 0 Å². The van der Waals surface area contributed by atoms with E-state index in [2.05, 4.69) is 16.5 Å². The van der Waals surface area contributed by atoms with Gasteiger partial charge in [-0.2, -0.15) is 10.4 Å². The maximum absolute atomic E-state index is 12.4. The molecule has 1 amide bonds. The van der Waals surface area contributed by atoms with E-state index in [1.54, 1.807) is 22.9 Å². The highest BCUT2D eigenvalue weighted by molar-refractivity contribution is 6.31. The van der Waals surface area contributed by atoms with Crippen LogP contribution < -0.4 is 5.32 Å². The van der Waals surface area contributed by atoms with Crippen LogP contribution in [0.3, 0.4) is 0 Å². The van der Waals surface area contributed by atoms with Crippen LogP contribution in [0.25, 0.3) is 5.69 Å². The lowest BCUT2D eigenvalue weighted by Crippen LogP contribution is -2.27. The summed E-state index contributed by atoms with van der Waals surface area (Å²) in [6.07, 6.45) is 0.546. The molecule has 0 aliphatic heterocycles. The number of aromatic nitrogens is 2. The average molecular weight is 409 g/mol. The fraction of sp³-hybridized carbons (Fsp3) is 0.227. The molecule has 2 N–H and O–H groups in total. The smallest absolute Gasteiger partial charge is 0.251 e. The first kappa shape index (κ1) is 20.6. The Morgan fingerprint density at radius 3 is 2.72 bits per heavy atom. The van der Waals surface area contributed by atoms with E-state index in [1.807, 2.05) is 38.1 Å². The Kier molecular flexibility index (Phi) is 6.32. The molecule has 1 aromatic heterocycles. The van der Waals surface area contributed by atoms with Crippen molar-refractivity contribution < 1.29 is 9.90 Å². The van der Waals surface area contributed by atoms with Gasteiger partial charge in [-0.3, -0.25) is 4.79 Å². The number of aliphatic hydroxyl groups excluding tert-OH is 1. The van der Waals surface area contributed by atoms with Gasteiger partial charge in [0.15, 0.2) is 0 Å². The highest BCUT2D eigenvalue weighted by Gasteiger charge is 2.17. The Hall–Kier alpha value is -3.14. The Bertz CT molecular complexity index is 1100. The summed E-state index contributed by atoms with van der Waals surface area (Å²) in [6, 6.07) is 14.7. The van der Waals surface area contributed by atoms with Crippen LogP contribution in [-0.4, -0.2) is 33.9 Å². The normalized spacial score (nSPS) is 10.6. The molecule has 0 radical (unpaired) electrons. The molecule has 148 valence electrons. The first-order valence-electron chi connectivity index (χ1n) is 9.18. The van der Waals surface area contributed by atoms with Gasteiger partial charge in [0.2, 0.25) is 0 Å². The Labute approximate surface area is 174 Å². The van der Waals surface area contributed by atoms with E-state index in [4.69, 9.17) is 22.0 Å². The summed E-state index contributed by atoms with van der Waals surface area (Å²) >= 11 is 6.18. The van der Waals surface area contributed by atoms with E-state index in [0.29, 0.717) is 22.6 Å². The number of nitrogens with one attached hydrogen (secondary N) is 1. The summed E-state index contributed by atoms with van der Waals surface area (Å²) < 4.78 is 1.80. The third-order valence-electron chi connectivity index (χ3n) is 4.79. The molecule has 0 fully saturated rings. The predicted molar refractivity (Wildman–Crippen MR) is 111 cm³/mol. The van der Waals surface area contributed by atoms with Crippen LogP contribution in [0.15, 0.2) is 42.5 Å². The van der Waals surface area contributed by atoms with Crippen LogP contribution in [-0.2, 0) is 6.42 Å². The molecular formula is C22H21ClN4O2. The summed E-state index contributed by atoms with van der Waals surface area (Å²) in [5.41, 5.74) is 5.46. The van der Waals surface area contributed by atoms with E-state index in [1.165, 1.54) is 0 Å². The van der Waals surface area contributed by atoms with E-state index in [0.717, 1.165) is 28.2 Å². The standard InChI is InChI=1S/C22H21ClN4O2/c1-14-20(11-16-5-3-4-6-19(16)22(29)25-9-10-28)15(2)27(26-14)18-8-7-17(13-24)21(23)12-18/h3-8,12,28H,9-11H2,1-2H3,(H,25,29). The van der Waals surface area contributed by atoms with Crippen LogP contribution >= 0.6 is 11.6 Å². The molecule has 0 spiro atoms. The molecule has 1 heterocycles. The van der Waals surface area contributed by atoms with Gasteiger partial charge >= 0.3 is 0 Å². The Morgan fingerprint density at radius 1 is 1.28 bits per heavy atom. The van der Waals surface area contributed by atoms with Crippen molar-refractivity contribution in [3.05, 3.63) is 81.1 Å². The van der Waals surface area contributed by atoms with Gasteiger partial charge in [0.25, 0.3) is 5.91 Å². The van der Waals surface area contributed by atoms with Crippen LogP contribution in [0.4, 0.5) is 0 Å². The number of amides is 1. The molecule has 0 aliphatic rings. The van der Waals surface area contributed by atoms with E-state index in [-0.39, 0.29) is 19.1 Å². The van der Waals surface area contributed by atoms with Crippen molar-refractivity contribution in [2.24, 2.45) is 0 Å². The molecule has 3 rings (SSSR count). The lowest BCUT2D eigenvalue weighted by Gasteiger charge is -2.11. The van der Waals surface area contributed by atoms with Crippen molar-refractivity contribution in [1.82, 2.24) is 15.1 Å². The van der Waals surface area contributed by atoms with Gasteiger partial charge in [0.05, 0.1) is 28.6 Å². The Balaban J connectivity index is 1.96. The molecule has 2 aromatic carbocycles. The third-order valence-corrected chi connectivity index (χ3v) is 5.10. The molecule has 0 saturated carbocycles. The summed E-state index contributed by atoms with van der Waals surface area (Å²) in [7, 11) is 0. The summed E-state index contributed by atoms with van der Waals surface area (Å²) in [4.78, 5) is 12.4. The monoisotopic (exact) mass is 408 g/mol. The number of halogens is 1. The van der Waals surface area contributed by atoms with Crippen LogP contribution in [0.2, 0.25) is 5.02 Å². The molecule has 0 unspecified atom stereocenters. The van der Waals surface area contributed by atoms with Crippen molar-refractivity contribution in [2.45, 2.75) is 20.3 Å². The molecule has 0 aliphatic carbocycles. The van der Waals surface area contributed by atoms with Crippen LogP contribution in [0, 0.1) is 25.2 Å². The number of aliphatic hydroxyl groups is 1. The second-order valence-corrected chi connectivity index (χ2v) is 7.06. The minimum Gasteiger partial charge on any atom is -0.395 e. The van der Waals surface area contributed by atoms with Gasteiger partial charge in [0.1, 0.15) is 6.07 Å². The van der Waals surface area contributed by atoms with Gasteiger partial charge in [-0.1, -0.05) is 29.8 Å². The minimum atomic E-state index is -0.212. The van der Waals surface area contributed by atoms with E-state index in [9.17, 15) is 4.79 Å². The number of aryl methyl sites for hydroxylation is 1. The van der Waals surface area contributed by atoms with Gasteiger partial charge < -0.3 is 10.4 Å². The van der Waals surface area contributed by atoms with Crippen LogP contribution in [0.5, 0.6) is 0 Å². The Morgan fingerprint density at radius 2 is 2.03 bits per heavy atom. The van der Waals surface area contributed by atoms with Crippen molar-refractivity contribution >= 4 is 17.5 Å². The largest absolute Gasteiger partial charge is 0.395 e. The second-order valence-electron chi connectivity index (χ2n) is 6.65. The number of nitriles is 1. The van der Waals surface area contributed by atoms with Crippen molar-refractivity contribution in [3.8, 4) is 11.8 Å². The summed E-state index contributed by atoms with van der Waals surface area (Å²) in [5.74, 6) is -0.212. The molecule has 6 nitrogen and oxygen atoms in total. The van der Waals surface area contributed by atoms with Crippen LogP contribution in [0.1, 0.15) is 38.4 Å². The quantitative estimate of drug-likeness (QED) is 0.654. The summed E-state index contributed by atoms with van der Waals surface area (Å²) in [5, 5.41) is 25.7.